The van der Waals surface area contributed by atoms with Gasteiger partial charge < -0.3 is 9.90 Å². The quantitative estimate of drug-likeness (QED) is 0.702. The number of aldehydes is 1. The number of aryl methyl sites for hydroxylation is 1. The zero-order valence-electron chi connectivity index (χ0n) is 11.9. The molecule has 0 bridgehead atoms. The number of hydrogen-bond acceptors (Lipinski definition) is 4. The second-order valence-electron chi connectivity index (χ2n) is 4.82. The molecule has 6 nitrogen and oxygen atoms in total. The summed E-state index contributed by atoms with van der Waals surface area (Å²) >= 11 is 0. The Kier molecular flexibility index (Phi) is 6.04. The van der Waals surface area contributed by atoms with Crippen LogP contribution in [0, 0.1) is 18.8 Å². The minimum atomic E-state index is -3.78. The Morgan fingerprint density at radius 3 is 2.33 bits per heavy atom. The van der Waals surface area contributed by atoms with Crippen LogP contribution in [0.1, 0.15) is 18.9 Å². The van der Waals surface area contributed by atoms with Crippen LogP contribution < -0.4 is 4.72 Å². The maximum atomic E-state index is 12.1. The number of hydrogen-bond donors (Lipinski definition) is 2. The van der Waals surface area contributed by atoms with E-state index in [1.165, 1.54) is 12.1 Å². The van der Waals surface area contributed by atoms with Crippen LogP contribution in [-0.4, -0.2) is 32.3 Å². The lowest BCUT2D eigenvalue weighted by Crippen LogP contribution is -2.37. The third-order valence-corrected chi connectivity index (χ3v) is 4.74. The van der Waals surface area contributed by atoms with Crippen LogP contribution in [0.5, 0.6) is 0 Å². The highest BCUT2D eigenvalue weighted by Crippen LogP contribution is 2.15. The fourth-order valence-corrected chi connectivity index (χ4v) is 2.96. The molecule has 2 N–H and O–H groups in total. The molecule has 116 valence electrons. The van der Waals surface area contributed by atoms with Gasteiger partial charge in [-0.2, -0.15) is 0 Å². The van der Waals surface area contributed by atoms with Gasteiger partial charge in [0.2, 0.25) is 10.0 Å². The molecule has 0 amide bonds. The SMILES string of the molecule is CC[C@H](C=O)[C@@H](CNS(=O)(=O)c1ccc(C)cc1)C(=O)O. The van der Waals surface area contributed by atoms with E-state index in [0.717, 1.165) is 5.56 Å². The lowest BCUT2D eigenvalue weighted by molar-refractivity contribution is -0.144. The topological polar surface area (TPSA) is 101 Å². The molecule has 0 saturated carbocycles. The fraction of sp³-hybridized carbons (Fsp3) is 0.429. The summed E-state index contributed by atoms with van der Waals surface area (Å²) < 4.78 is 26.4. The van der Waals surface area contributed by atoms with Crippen molar-refractivity contribution in [3.8, 4) is 0 Å². The van der Waals surface area contributed by atoms with Gasteiger partial charge in [-0.3, -0.25) is 4.79 Å². The van der Waals surface area contributed by atoms with Gasteiger partial charge >= 0.3 is 5.97 Å². The first-order chi connectivity index (χ1) is 9.81. The number of benzene rings is 1. The van der Waals surface area contributed by atoms with Gasteiger partial charge in [0.25, 0.3) is 0 Å². The molecule has 0 heterocycles. The number of sulfonamides is 1. The summed E-state index contributed by atoms with van der Waals surface area (Å²) in [7, 11) is -3.78. The molecule has 1 aromatic carbocycles. The summed E-state index contributed by atoms with van der Waals surface area (Å²) in [5.41, 5.74) is 0.921. The number of aliphatic carboxylic acids is 1. The average Bonchev–Trinajstić information content (AvgIpc) is 2.43. The number of carboxylic acids is 1. The Bertz CT molecular complexity index is 594. The molecule has 21 heavy (non-hydrogen) atoms. The van der Waals surface area contributed by atoms with Crippen molar-refractivity contribution >= 4 is 22.3 Å². The minimum absolute atomic E-state index is 0.0661. The van der Waals surface area contributed by atoms with Crippen LogP contribution in [0.4, 0.5) is 0 Å². The first kappa shape index (κ1) is 17.3. The highest BCUT2D eigenvalue weighted by molar-refractivity contribution is 7.89. The van der Waals surface area contributed by atoms with Crippen LogP contribution in [0.3, 0.4) is 0 Å². The third kappa shape index (κ3) is 4.64. The molecule has 7 heteroatoms. The van der Waals surface area contributed by atoms with Crippen molar-refractivity contribution in [3.05, 3.63) is 29.8 Å². The molecular weight excluding hydrogens is 294 g/mol. The number of carboxylic acid groups (broad SMARTS) is 1. The summed E-state index contributed by atoms with van der Waals surface area (Å²) in [5.74, 6) is -2.99. The van der Waals surface area contributed by atoms with E-state index in [4.69, 9.17) is 5.11 Å². The van der Waals surface area contributed by atoms with Crippen molar-refractivity contribution in [2.24, 2.45) is 11.8 Å². The predicted octanol–water partition coefficient (Wildman–Crippen LogP) is 1.20. The van der Waals surface area contributed by atoms with Gasteiger partial charge in [-0.1, -0.05) is 24.6 Å². The molecule has 0 aliphatic rings. The van der Waals surface area contributed by atoms with Crippen molar-refractivity contribution in [1.29, 1.82) is 0 Å². The van der Waals surface area contributed by atoms with Gasteiger partial charge in [-0.15, -0.1) is 0 Å². The molecule has 0 aliphatic carbocycles. The van der Waals surface area contributed by atoms with Gasteiger partial charge in [-0.25, -0.2) is 13.1 Å². The number of rotatable bonds is 8. The summed E-state index contributed by atoms with van der Waals surface area (Å²) in [6.07, 6.45) is 0.895. The van der Waals surface area contributed by atoms with E-state index in [-0.39, 0.29) is 11.4 Å². The van der Waals surface area contributed by atoms with E-state index in [9.17, 15) is 18.0 Å². The summed E-state index contributed by atoms with van der Waals surface area (Å²) in [4.78, 5) is 22.1. The smallest absolute Gasteiger partial charge is 0.308 e. The Morgan fingerprint density at radius 1 is 1.33 bits per heavy atom. The van der Waals surface area contributed by atoms with Gasteiger partial charge in [0.05, 0.1) is 10.8 Å². The highest BCUT2D eigenvalue weighted by Gasteiger charge is 2.28. The number of carbonyl (C=O) groups is 2. The highest BCUT2D eigenvalue weighted by atomic mass is 32.2. The van der Waals surface area contributed by atoms with E-state index >= 15 is 0 Å². The van der Waals surface area contributed by atoms with Crippen molar-refractivity contribution in [3.63, 3.8) is 0 Å². The monoisotopic (exact) mass is 313 g/mol. The van der Waals surface area contributed by atoms with E-state index in [2.05, 4.69) is 4.72 Å². The largest absolute Gasteiger partial charge is 0.481 e. The van der Waals surface area contributed by atoms with E-state index < -0.39 is 27.8 Å². The number of nitrogens with one attached hydrogen (secondary N) is 1. The second kappa shape index (κ2) is 7.33. The Morgan fingerprint density at radius 2 is 1.90 bits per heavy atom. The van der Waals surface area contributed by atoms with E-state index in [0.29, 0.717) is 12.7 Å². The number of carbonyl (C=O) groups excluding carboxylic acids is 1. The molecule has 2 atom stereocenters. The molecule has 0 aliphatic heterocycles. The van der Waals surface area contributed by atoms with E-state index in [1.54, 1.807) is 19.1 Å². The Hall–Kier alpha value is -1.73. The summed E-state index contributed by atoms with van der Waals surface area (Å²) in [6.45, 7) is 3.20. The third-order valence-electron chi connectivity index (χ3n) is 3.30. The van der Waals surface area contributed by atoms with Crippen LogP contribution in [0.25, 0.3) is 0 Å². The molecule has 1 aromatic rings. The zero-order chi connectivity index (χ0) is 16.0. The minimum Gasteiger partial charge on any atom is -0.481 e. The molecule has 0 unspecified atom stereocenters. The zero-order valence-corrected chi connectivity index (χ0v) is 12.8. The normalized spacial score (nSPS) is 14.4. The molecule has 0 saturated heterocycles. The first-order valence-electron chi connectivity index (χ1n) is 6.56. The average molecular weight is 313 g/mol. The lowest BCUT2D eigenvalue weighted by atomic mass is 9.91. The predicted molar refractivity (Wildman–Crippen MR) is 77.3 cm³/mol. The lowest BCUT2D eigenvalue weighted by Gasteiger charge is -2.18. The maximum absolute atomic E-state index is 12.1. The Labute approximate surface area is 124 Å². The standard InChI is InChI=1S/C14H19NO5S/c1-3-11(9-16)13(14(17)18)8-15-21(19,20)12-6-4-10(2)5-7-12/h4-7,9,11,13,15H,3,8H2,1-2H3,(H,17,18)/t11-,13-/m1/s1. The van der Waals surface area contributed by atoms with Gasteiger partial charge in [0.15, 0.2) is 0 Å². The molecule has 0 spiro atoms. The second-order valence-corrected chi connectivity index (χ2v) is 6.58. The Balaban J connectivity index is 2.86. The summed E-state index contributed by atoms with van der Waals surface area (Å²) in [5, 5.41) is 9.12. The van der Waals surface area contributed by atoms with Crippen LogP contribution in [-0.2, 0) is 19.6 Å². The maximum Gasteiger partial charge on any atom is 0.308 e. The molecule has 0 aromatic heterocycles. The molecular formula is C14H19NO5S. The van der Waals surface area contributed by atoms with Crippen molar-refractivity contribution in [1.82, 2.24) is 4.72 Å². The van der Waals surface area contributed by atoms with Crippen LogP contribution in [0.2, 0.25) is 0 Å². The van der Waals surface area contributed by atoms with Crippen LogP contribution >= 0.6 is 0 Å². The van der Waals surface area contributed by atoms with Gasteiger partial charge in [0, 0.05) is 12.5 Å². The fourth-order valence-electron chi connectivity index (χ4n) is 1.90. The van der Waals surface area contributed by atoms with Crippen molar-refractivity contribution in [2.75, 3.05) is 6.54 Å². The van der Waals surface area contributed by atoms with Crippen molar-refractivity contribution < 1.29 is 23.1 Å². The molecule has 1 rings (SSSR count). The van der Waals surface area contributed by atoms with Gasteiger partial charge in [-0.05, 0) is 25.5 Å². The van der Waals surface area contributed by atoms with Crippen molar-refractivity contribution in [2.45, 2.75) is 25.2 Å². The molecule has 0 fully saturated rings. The summed E-state index contributed by atoms with van der Waals surface area (Å²) in [6, 6.07) is 6.21. The van der Waals surface area contributed by atoms with E-state index in [1.807, 2.05) is 6.92 Å². The van der Waals surface area contributed by atoms with Crippen LogP contribution in [0.15, 0.2) is 29.2 Å². The molecule has 0 radical (unpaired) electrons. The first-order valence-corrected chi connectivity index (χ1v) is 8.04. The van der Waals surface area contributed by atoms with Gasteiger partial charge in [0.1, 0.15) is 6.29 Å².